The molecule has 5 nitrogen and oxygen atoms in total. The monoisotopic (exact) mass is 270 g/mol. The molecule has 1 heterocycles. The number of carbonyl (C=O) groups excluding carboxylic acids is 1. The van der Waals surface area contributed by atoms with E-state index in [1.807, 2.05) is 0 Å². The molecule has 2 N–H and O–H groups in total. The number of anilines is 1. The van der Waals surface area contributed by atoms with Crippen molar-refractivity contribution in [1.82, 2.24) is 5.32 Å². The first-order valence-corrected chi connectivity index (χ1v) is 6.09. The molecule has 6 heteroatoms. The van der Waals surface area contributed by atoms with Gasteiger partial charge in [-0.25, -0.2) is 4.79 Å². The summed E-state index contributed by atoms with van der Waals surface area (Å²) in [7, 11) is 1.54. The highest BCUT2D eigenvalue weighted by Gasteiger charge is 2.17. The summed E-state index contributed by atoms with van der Waals surface area (Å²) in [6, 6.07) is 4.75. The lowest BCUT2D eigenvalue weighted by Crippen LogP contribution is -2.37. The standard InChI is InChI=1S/C12H15ClN2O3/c1-17-10-5-4-8(7-9(10)13)14-12(16)15-11-3-2-6-18-11/h4-5,7,11H,2-3,6H2,1H3,(H2,14,15,16). The average Bonchev–Trinajstić information content (AvgIpc) is 2.82. The van der Waals surface area contributed by atoms with Crippen LogP contribution in [0.15, 0.2) is 18.2 Å². The molecule has 1 aliphatic rings. The molecular weight excluding hydrogens is 256 g/mol. The molecule has 1 aromatic carbocycles. The van der Waals surface area contributed by atoms with Gasteiger partial charge in [-0.05, 0) is 31.0 Å². The normalized spacial score (nSPS) is 18.4. The van der Waals surface area contributed by atoms with Gasteiger partial charge in [0, 0.05) is 12.3 Å². The van der Waals surface area contributed by atoms with Crippen LogP contribution in [0.2, 0.25) is 5.02 Å². The van der Waals surface area contributed by atoms with Crippen molar-refractivity contribution in [3.63, 3.8) is 0 Å². The quantitative estimate of drug-likeness (QED) is 0.888. The molecule has 1 aliphatic heterocycles. The lowest BCUT2D eigenvalue weighted by molar-refractivity contribution is 0.0928. The Labute approximate surface area is 110 Å². The fourth-order valence-corrected chi connectivity index (χ4v) is 2.01. The van der Waals surface area contributed by atoms with E-state index < -0.39 is 0 Å². The Hall–Kier alpha value is -1.46. The topological polar surface area (TPSA) is 59.6 Å². The van der Waals surface area contributed by atoms with E-state index >= 15 is 0 Å². The second-order valence-corrected chi connectivity index (χ2v) is 4.36. The summed E-state index contributed by atoms with van der Waals surface area (Å²) in [4.78, 5) is 11.7. The van der Waals surface area contributed by atoms with E-state index in [2.05, 4.69) is 10.6 Å². The van der Waals surface area contributed by atoms with E-state index in [0.29, 0.717) is 23.1 Å². The Morgan fingerprint density at radius 3 is 3.00 bits per heavy atom. The van der Waals surface area contributed by atoms with E-state index in [0.717, 1.165) is 12.8 Å². The SMILES string of the molecule is COc1ccc(NC(=O)NC2CCCO2)cc1Cl. The number of hydrogen-bond acceptors (Lipinski definition) is 3. The van der Waals surface area contributed by atoms with E-state index in [1.165, 1.54) is 0 Å². The number of urea groups is 1. The molecule has 2 amide bonds. The third-order valence-corrected chi connectivity index (χ3v) is 2.93. The molecule has 1 saturated heterocycles. The van der Waals surface area contributed by atoms with Gasteiger partial charge in [-0.2, -0.15) is 0 Å². The number of amides is 2. The molecule has 18 heavy (non-hydrogen) atoms. The van der Waals surface area contributed by atoms with E-state index in [1.54, 1.807) is 25.3 Å². The highest BCUT2D eigenvalue weighted by Crippen LogP contribution is 2.27. The van der Waals surface area contributed by atoms with Crippen molar-refractivity contribution in [2.24, 2.45) is 0 Å². The fraction of sp³-hybridized carbons (Fsp3) is 0.417. The molecule has 0 radical (unpaired) electrons. The summed E-state index contributed by atoms with van der Waals surface area (Å²) < 4.78 is 10.3. The fourth-order valence-electron chi connectivity index (χ4n) is 1.75. The van der Waals surface area contributed by atoms with Crippen molar-refractivity contribution in [3.8, 4) is 5.75 Å². The van der Waals surface area contributed by atoms with E-state index in [-0.39, 0.29) is 12.3 Å². The highest BCUT2D eigenvalue weighted by atomic mass is 35.5. The van der Waals surface area contributed by atoms with Crippen LogP contribution in [0, 0.1) is 0 Å². The van der Waals surface area contributed by atoms with Crippen LogP contribution in [-0.2, 0) is 4.74 Å². The number of carbonyl (C=O) groups is 1. The summed E-state index contributed by atoms with van der Waals surface area (Å²) in [6.45, 7) is 0.694. The summed E-state index contributed by atoms with van der Waals surface area (Å²) in [5.74, 6) is 0.571. The van der Waals surface area contributed by atoms with Crippen molar-refractivity contribution in [1.29, 1.82) is 0 Å². The third-order valence-electron chi connectivity index (χ3n) is 2.63. The van der Waals surface area contributed by atoms with Gasteiger partial charge in [0.15, 0.2) is 0 Å². The predicted molar refractivity (Wildman–Crippen MR) is 69.1 cm³/mol. The van der Waals surface area contributed by atoms with Crippen molar-refractivity contribution >= 4 is 23.3 Å². The summed E-state index contributed by atoms with van der Waals surface area (Å²) in [6.07, 6.45) is 1.62. The molecule has 0 bridgehead atoms. The highest BCUT2D eigenvalue weighted by molar-refractivity contribution is 6.32. The van der Waals surface area contributed by atoms with Crippen LogP contribution in [0.3, 0.4) is 0 Å². The first kappa shape index (κ1) is 13.0. The molecule has 1 atom stereocenters. The van der Waals surface area contributed by atoms with Gasteiger partial charge in [-0.3, -0.25) is 0 Å². The summed E-state index contributed by atoms with van der Waals surface area (Å²) >= 11 is 5.96. The Morgan fingerprint density at radius 2 is 2.39 bits per heavy atom. The van der Waals surface area contributed by atoms with E-state index in [4.69, 9.17) is 21.1 Å². The lowest BCUT2D eigenvalue weighted by Gasteiger charge is -2.13. The molecule has 98 valence electrons. The largest absolute Gasteiger partial charge is 0.495 e. The summed E-state index contributed by atoms with van der Waals surface area (Å²) in [5, 5.41) is 5.87. The third kappa shape index (κ3) is 3.27. The molecule has 0 aliphatic carbocycles. The number of nitrogens with one attached hydrogen (secondary N) is 2. The van der Waals surface area contributed by atoms with Crippen LogP contribution in [0.25, 0.3) is 0 Å². The van der Waals surface area contributed by atoms with Gasteiger partial charge >= 0.3 is 6.03 Å². The van der Waals surface area contributed by atoms with Crippen molar-refractivity contribution < 1.29 is 14.3 Å². The Morgan fingerprint density at radius 1 is 1.56 bits per heavy atom. The van der Waals surface area contributed by atoms with Crippen LogP contribution in [0.4, 0.5) is 10.5 Å². The minimum absolute atomic E-state index is 0.196. The lowest BCUT2D eigenvalue weighted by atomic mass is 10.3. The molecule has 0 aromatic heterocycles. The van der Waals surface area contributed by atoms with Crippen LogP contribution >= 0.6 is 11.6 Å². The van der Waals surface area contributed by atoms with Gasteiger partial charge in [-0.15, -0.1) is 0 Å². The zero-order valence-corrected chi connectivity index (χ0v) is 10.8. The Balaban J connectivity index is 1.92. The van der Waals surface area contributed by atoms with Gasteiger partial charge < -0.3 is 20.1 Å². The van der Waals surface area contributed by atoms with Crippen molar-refractivity contribution in [2.75, 3.05) is 19.0 Å². The average molecular weight is 271 g/mol. The van der Waals surface area contributed by atoms with Crippen molar-refractivity contribution in [3.05, 3.63) is 23.2 Å². The van der Waals surface area contributed by atoms with Crippen LogP contribution in [0.1, 0.15) is 12.8 Å². The molecule has 0 saturated carbocycles. The molecule has 1 aromatic rings. The second-order valence-electron chi connectivity index (χ2n) is 3.95. The molecular formula is C12H15ClN2O3. The van der Waals surface area contributed by atoms with Crippen LogP contribution in [0.5, 0.6) is 5.75 Å². The maximum Gasteiger partial charge on any atom is 0.321 e. The van der Waals surface area contributed by atoms with Crippen LogP contribution in [-0.4, -0.2) is 26.0 Å². The molecule has 2 rings (SSSR count). The molecule has 1 unspecified atom stereocenters. The molecule has 0 spiro atoms. The second kappa shape index (κ2) is 5.93. The van der Waals surface area contributed by atoms with Gasteiger partial charge in [0.05, 0.1) is 12.1 Å². The smallest absolute Gasteiger partial charge is 0.321 e. The number of benzene rings is 1. The Kier molecular flexibility index (Phi) is 4.28. The minimum Gasteiger partial charge on any atom is -0.495 e. The first-order valence-electron chi connectivity index (χ1n) is 5.71. The number of halogens is 1. The Bertz CT molecular complexity index is 433. The number of methoxy groups -OCH3 is 1. The predicted octanol–water partition coefficient (Wildman–Crippen LogP) is 2.61. The molecule has 1 fully saturated rings. The van der Waals surface area contributed by atoms with Crippen LogP contribution < -0.4 is 15.4 Å². The number of hydrogen-bond donors (Lipinski definition) is 2. The van der Waals surface area contributed by atoms with Gasteiger partial charge in [0.2, 0.25) is 0 Å². The maximum atomic E-state index is 11.7. The maximum absolute atomic E-state index is 11.7. The number of rotatable bonds is 3. The first-order chi connectivity index (χ1) is 8.69. The van der Waals surface area contributed by atoms with Gasteiger partial charge in [-0.1, -0.05) is 11.6 Å². The van der Waals surface area contributed by atoms with Gasteiger partial charge in [0.1, 0.15) is 12.0 Å². The van der Waals surface area contributed by atoms with Crippen molar-refractivity contribution in [2.45, 2.75) is 19.1 Å². The zero-order chi connectivity index (χ0) is 13.0. The summed E-state index contributed by atoms with van der Waals surface area (Å²) in [5.41, 5.74) is 0.608. The number of ether oxygens (including phenoxy) is 2. The van der Waals surface area contributed by atoms with E-state index in [9.17, 15) is 4.79 Å². The zero-order valence-electron chi connectivity index (χ0n) is 10.0. The minimum atomic E-state index is -0.303. The van der Waals surface area contributed by atoms with Gasteiger partial charge in [0.25, 0.3) is 0 Å².